The van der Waals surface area contributed by atoms with Crippen LogP contribution in [0, 0.1) is 0 Å². The Hall–Kier alpha value is -2.53. The third kappa shape index (κ3) is 3.81. The lowest BCUT2D eigenvalue weighted by molar-refractivity contribution is -0.121. The molecule has 0 bridgehead atoms. The summed E-state index contributed by atoms with van der Waals surface area (Å²) >= 11 is 1.69. The van der Waals surface area contributed by atoms with Crippen molar-refractivity contribution in [3.8, 4) is 0 Å². The van der Waals surface area contributed by atoms with Gasteiger partial charge in [-0.25, -0.2) is 5.43 Å². The number of hydrogen-bond donors (Lipinski definition) is 1. The van der Waals surface area contributed by atoms with E-state index in [1.807, 2.05) is 71.6 Å². The molecule has 0 aliphatic heterocycles. The predicted molar refractivity (Wildman–Crippen MR) is 95.9 cm³/mol. The van der Waals surface area contributed by atoms with E-state index in [-0.39, 0.29) is 12.5 Å². The molecule has 0 radical (unpaired) electrons. The van der Waals surface area contributed by atoms with E-state index in [9.17, 15) is 4.79 Å². The van der Waals surface area contributed by atoms with Gasteiger partial charge in [0, 0.05) is 16.6 Å². The highest BCUT2D eigenvalue weighted by Gasteiger charge is 2.04. The number of fused-ring (bicyclic) bond motifs is 1. The van der Waals surface area contributed by atoms with E-state index in [1.54, 1.807) is 18.0 Å². The van der Waals surface area contributed by atoms with Crippen LogP contribution in [0.3, 0.4) is 0 Å². The van der Waals surface area contributed by atoms with Crippen LogP contribution < -0.4 is 5.43 Å². The van der Waals surface area contributed by atoms with Crippen LogP contribution in [0.2, 0.25) is 0 Å². The van der Waals surface area contributed by atoms with Gasteiger partial charge in [-0.3, -0.25) is 4.79 Å². The van der Waals surface area contributed by atoms with Gasteiger partial charge in [0.1, 0.15) is 6.54 Å². The van der Waals surface area contributed by atoms with Gasteiger partial charge in [-0.2, -0.15) is 5.10 Å². The van der Waals surface area contributed by atoms with Crippen LogP contribution in [-0.4, -0.2) is 22.9 Å². The molecule has 116 valence electrons. The fourth-order valence-electron chi connectivity index (χ4n) is 2.34. The van der Waals surface area contributed by atoms with Crippen LogP contribution >= 0.6 is 11.8 Å². The average Bonchev–Trinajstić information content (AvgIpc) is 2.99. The summed E-state index contributed by atoms with van der Waals surface area (Å²) in [6.45, 7) is 0.246. The van der Waals surface area contributed by atoms with Gasteiger partial charge in [-0.05, 0) is 41.5 Å². The molecule has 0 aliphatic rings. The first kappa shape index (κ1) is 15.4. The topological polar surface area (TPSA) is 46.4 Å². The first-order chi connectivity index (χ1) is 11.3. The summed E-state index contributed by atoms with van der Waals surface area (Å²) in [5.74, 6) is -0.150. The molecule has 0 aliphatic carbocycles. The summed E-state index contributed by atoms with van der Waals surface area (Å²) in [5.41, 5.74) is 4.56. The third-order valence-electron chi connectivity index (χ3n) is 3.51. The van der Waals surface area contributed by atoms with Crippen LogP contribution in [0.4, 0.5) is 0 Å². The second-order valence-corrected chi connectivity index (χ2v) is 5.95. The molecule has 1 heterocycles. The number of carbonyl (C=O) groups is 1. The Morgan fingerprint density at radius 2 is 1.96 bits per heavy atom. The van der Waals surface area contributed by atoms with Crippen LogP contribution in [0.15, 0.2) is 70.8 Å². The zero-order valence-electron chi connectivity index (χ0n) is 12.8. The fraction of sp³-hybridized carbons (Fsp3) is 0.111. The van der Waals surface area contributed by atoms with Crippen LogP contribution in [0.1, 0.15) is 5.56 Å². The molecule has 3 aromatic rings. The lowest BCUT2D eigenvalue weighted by Gasteiger charge is -2.04. The SMILES string of the molecule is CSc1ccc(/C=N/NC(=O)Cn2ccc3ccccc32)cc1. The average molecular weight is 323 g/mol. The van der Waals surface area contributed by atoms with E-state index in [2.05, 4.69) is 10.5 Å². The number of amides is 1. The van der Waals surface area contributed by atoms with Gasteiger partial charge in [-0.1, -0.05) is 30.3 Å². The molecule has 23 heavy (non-hydrogen) atoms. The predicted octanol–water partition coefficient (Wildman–Crippen LogP) is 3.51. The standard InChI is InChI=1S/C18H17N3OS/c1-23-16-8-6-14(7-9-16)12-19-20-18(22)13-21-11-10-15-4-2-3-5-17(15)21/h2-12H,13H2,1H3,(H,20,22)/b19-12+. The Morgan fingerprint density at radius 3 is 2.74 bits per heavy atom. The number of para-hydroxylation sites is 1. The highest BCUT2D eigenvalue weighted by Crippen LogP contribution is 2.15. The van der Waals surface area contributed by atoms with Gasteiger partial charge in [0.2, 0.25) is 0 Å². The smallest absolute Gasteiger partial charge is 0.259 e. The quantitative estimate of drug-likeness (QED) is 0.444. The Morgan fingerprint density at radius 1 is 1.17 bits per heavy atom. The monoisotopic (exact) mass is 323 g/mol. The van der Waals surface area contributed by atoms with Gasteiger partial charge in [0.25, 0.3) is 5.91 Å². The minimum atomic E-state index is -0.150. The van der Waals surface area contributed by atoms with Crippen molar-refractivity contribution in [3.63, 3.8) is 0 Å². The molecule has 5 heteroatoms. The van der Waals surface area contributed by atoms with E-state index in [4.69, 9.17) is 0 Å². The lowest BCUT2D eigenvalue weighted by Crippen LogP contribution is -2.22. The molecule has 0 spiro atoms. The molecular formula is C18H17N3OS. The number of nitrogens with one attached hydrogen (secondary N) is 1. The number of hydrogen-bond acceptors (Lipinski definition) is 3. The van der Waals surface area contributed by atoms with E-state index in [1.165, 1.54) is 4.90 Å². The molecule has 1 aromatic heterocycles. The molecular weight excluding hydrogens is 306 g/mol. The van der Waals surface area contributed by atoms with Crippen molar-refractivity contribution in [2.45, 2.75) is 11.4 Å². The maximum absolute atomic E-state index is 12.0. The first-order valence-corrected chi connectivity index (χ1v) is 8.48. The normalized spacial score (nSPS) is 11.2. The Bertz CT molecular complexity index is 837. The number of benzene rings is 2. The van der Waals surface area contributed by atoms with E-state index < -0.39 is 0 Å². The minimum Gasteiger partial charge on any atom is -0.338 e. The Kier molecular flexibility index (Phi) is 4.78. The second kappa shape index (κ2) is 7.15. The summed E-state index contributed by atoms with van der Waals surface area (Å²) in [4.78, 5) is 13.2. The highest BCUT2D eigenvalue weighted by atomic mass is 32.2. The zero-order valence-corrected chi connectivity index (χ0v) is 13.6. The van der Waals surface area contributed by atoms with Crippen molar-refractivity contribution >= 4 is 34.8 Å². The van der Waals surface area contributed by atoms with Crippen molar-refractivity contribution in [1.82, 2.24) is 9.99 Å². The molecule has 0 atom stereocenters. The Balaban J connectivity index is 1.59. The summed E-state index contributed by atoms with van der Waals surface area (Å²) in [7, 11) is 0. The summed E-state index contributed by atoms with van der Waals surface area (Å²) < 4.78 is 1.91. The summed E-state index contributed by atoms with van der Waals surface area (Å²) in [6.07, 6.45) is 5.60. The van der Waals surface area contributed by atoms with Crippen molar-refractivity contribution in [3.05, 3.63) is 66.4 Å². The van der Waals surface area contributed by atoms with Gasteiger partial charge in [0.15, 0.2) is 0 Å². The zero-order chi connectivity index (χ0) is 16.1. The highest BCUT2D eigenvalue weighted by molar-refractivity contribution is 7.98. The maximum atomic E-state index is 12.0. The third-order valence-corrected chi connectivity index (χ3v) is 4.26. The molecule has 0 unspecified atom stereocenters. The van der Waals surface area contributed by atoms with Crippen LogP contribution in [0.5, 0.6) is 0 Å². The van der Waals surface area contributed by atoms with E-state index in [0.717, 1.165) is 16.5 Å². The lowest BCUT2D eigenvalue weighted by atomic mass is 10.2. The molecule has 0 saturated heterocycles. The maximum Gasteiger partial charge on any atom is 0.259 e. The number of hydrazone groups is 1. The molecule has 1 N–H and O–H groups in total. The van der Waals surface area contributed by atoms with Crippen molar-refractivity contribution < 1.29 is 4.79 Å². The van der Waals surface area contributed by atoms with E-state index in [0.29, 0.717) is 0 Å². The molecule has 0 saturated carbocycles. The Labute approximate surface area is 139 Å². The minimum absolute atomic E-state index is 0.150. The second-order valence-electron chi connectivity index (χ2n) is 5.07. The first-order valence-electron chi connectivity index (χ1n) is 7.26. The molecule has 3 rings (SSSR count). The van der Waals surface area contributed by atoms with Gasteiger partial charge >= 0.3 is 0 Å². The molecule has 2 aromatic carbocycles. The number of thioether (sulfide) groups is 1. The number of aromatic nitrogens is 1. The van der Waals surface area contributed by atoms with Gasteiger partial charge in [0.05, 0.1) is 6.21 Å². The number of rotatable bonds is 5. The van der Waals surface area contributed by atoms with Gasteiger partial charge < -0.3 is 4.57 Å². The van der Waals surface area contributed by atoms with Crippen molar-refractivity contribution in [1.29, 1.82) is 0 Å². The number of nitrogens with zero attached hydrogens (tertiary/aromatic N) is 2. The van der Waals surface area contributed by atoms with Crippen LogP contribution in [-0.2, 0) is 11.3 Å². The van der Waals surface area contributed by atoms with E-state index >= 15 is 0 Å². The molecule has 4 nitrogen and oxygen atoms in total. The summed E-state index contributed by atoms with van der Waals surface area (Å²) in [5, 5.41) is 5.14. The van der Waals surface area contributed by atoms with Crippen molar-refractivity contribution in [2.24, 2.45) is 5.10 Å². The molecule has 1 amide bonds. The van der Waals surface area contributed by atoms with Gasteiger partial charge in [-0.15, -0.1) is 11.8 Å². The number of carbonyl (C=O) groups excluding carboxylic acids is 1. The summed E-state index contributed by atoms with van der Waals surface area (Å²) in [6, 6.07) is 18.0. The van der Waals surface area contributed by atoms with Crippen LogP contribution in [0.25, 0.3) is 10.9 Å². The molecule has 0 fully saturated rings. The fourth-order valence-corrected chi connectivity index (χ4v) is 2.75. The van der Waals surface area contributed by atoms with Crippen molar-refractivity contribution in [2.75, 3.05) is 6.26 Å². The largest absolute Gasteiger partial charge is 0.338 e.